The molecule has 0 aliphatic carbocycles. The molecule has 2 aromatic carbocycles. The first-order valence-electron chi connectivity index (χ1n) is 9.34. The number of carbonyl (C=O) groups excluding carboxylic acids is 2. The summed E-state index contributed by atoms with van der Waals surface area (Å²) in [5.41, 5.74) is 2.73. The molecule has 7 heteroatoms. The van der Waals surface area contributed by atoms with Crippen LogP contribution < -0.4 is 10.6 Å². The molecular weight excluding hydrogens is 394 g/mol. The first kappa shape index (κ1) is 20.6. The topological polar surface area (TPSA) is 61.4 Å². The zero-order valence-electron chi connectivity index (χ0n) is 15.6. The molecule has 1 heterocycles. The number of nitrogens with one attached hydrogen (secondary N) is 2. The molecule has 1 fully saturated rings. The molecule has 0 saturated carbocycles. The molecule has 28 heavy (non-hydrogen) atoms. The van der Waals surface area contributed by atoms with Crippen molar-refractivity contribution in [1.82, 2.24) is 10.2 Å². The lowest BCUT2D eigenvalue weighted by molar-refractivity contribution is -0.130. The number of urea groups is 1. The van der Waals surface area contributed by atoms with Gasteiger partial charge in [-0.25, -0.2) is 4.79 Å². The van der Waals surface area contributed by atoms with Gasteiger partial charge in [0.25, 0.3) is 0 Å². The zero-order chi connectivity index (χ0) is 19.8. The summed E-state index contributed by atoms with van der Waals surface area (Å²) in [6.07, 6.45) is 1.11. The quantitative estimate of drug-likeness (QED) is 0.751. The number of hydrogen-bond acceptors (Lipinski definition) is 3. The van der Waals surface area contributed by atoms with Gasteiger partial charge < -0.3 is 15.5 Å². The number of rotatable bonds is 6. The average molecular weight is 418 g/mol. The molecule has 3 rings (SSSR count). The fourth-order valence-corrected chi connectivity index (χ4v) is 4.11. The molecular formula is C21H24ClN3O2S. The third kappa shape index (κ3) is 6.46. The largest absolute Gasteiger partial charge is 0.341 e. The summed E-state index contributed by atoms with van der Waals surface area (Å²) < 4.78 is 0. The molecule has 0 atom stereocenters. The van der Waals surface area contributed by atoms with Gasteiger partial charge in [-0.2, -0.15) is 11.8 Å². The minimum atomic E-state index is -0.253. The highest BCUT2D eigenvalue weighted by molar-refractivity contribution is 7.99. The lowest BCUT2D eigenvalue weighted by Crippen LogP contribution is -2.38. The number of hydrogen-bond donors (Lipinski definition) is 2. The predicted octanol–water partition coefficient (Wildman–Crippen LogP) is 3.82. The van der Waals surface area contributed by atoms with Crippen molar-refractivity contribution in [3.05, 3.63) is 64.7 Å². The normalized spacial score (nSPS) is 13.8. The number of anilines is 1. The van der Waals surface area contributed by atoms with E-state index in [1.807, 2.05) is 65.2 Å². The molecule has 0 spiro atoms. The second-order valence-electron chi connectivity index (χ2n) is 6.63. The Labute approximate surface area is 174 Å². The Kier molecular flexibility index (Phi) is 7.62. The highest BCUT2D eigenvalue weighted by Gasteiger charge is 2.16. The molecule has 148 valence electrons. The molecule has 1 aliphatic rings. The van der Waals surface area contributed by atoms with Gasteiger partial charge in [-0.1, -0.05) is 35.9 Å². The summed E-state index contributed by atoms with van der Waals surface area (Å²) in [4.78, 5) is 26.3. The molecule has 1 saturated heterocycles. The summed E-state index contributed by atoms with van der Waals surface area (Å²) in [7, 11) is 0. The summed E-state index contributed by atoms with van der Waals surface area (Å²) in [6, 6.07) is 14.8. The third-order valence-corrected chi connectivity index (χ3v) is 5.70. The van der Waals surface area contributed by atoms with Gasteiger partial charge in [0.05, 0.1) is 6.42 Å². The molecule has 5 nitrogen and oxygen atoms in total. The van der Waals surface area contributed by atoms with Crippen LogP contribution in [0.15, 0.2) is 48.5 Å². The standard InChI is InChI=1S/C21H24ClN3O2S/c22-18-3-1-2-16(14-18)8-9-23-21(27)24-19-6-4-17(5-7-19)15-20(26)25-10-12-28-13-11-25/h1-7,14H,8-13,15H2,(H2,23,24,27). The number of halogens is 1. The summed E-state index contributed by atoms with van der Waals surface area (Å²) >= 11 is 7.85. The van der Waals surface area contributed by atoms with E-state index in [0.717, 1.165) is 35.7 Å². The van der Waals surface area contributed by atoms with Crippen LogP contribution in [0, 0.1) is 0 Å². The van der Waals surface area contributed by atoms with E-state index in [-0.39, 0.29) is 11.9 Å². The van der Waals surface area contributed by atoms with E-state index in [0.29, 0.717) is 30.1 Å². The van der Waals surface area contributed by atoms with Crippen LogP contribution in [0.25, 0.3) is 0 Å². The lowest BCUT2D eigenvalue weighted by atomic mass is 10.1. The van der Waals surface area contributed by atoms with E-state index in [1.165, 1.54) is 0 Å². The van der Waals surface area contributed by atoms with Gasteiger partial charge in [-0.05, 0) is 41.8 Å². The van der Waals surface area contributed by atoms with E-state index >= 15 is 0 Å². The van der Waals surface area contributed by atoms with Gasteiger partial charge in [-0.3, -0.25) is 4.79 Å². The Bertz CT molecular complexity index is 808. The van der Waals surface area contributed by atoms with E-state index in [1.54, 1.807) is 0 Å². The van der Waals surface area contributed by atoms with E-state index in [2.05, 4.69) is 10.6 Å². The van der Waals surface area contributed by atoms with E-state index < -0.39 is 0 Å². The first-order chi connectivity index (χ1) is 13.6. The van der Waals surface area contributed by atoms with Crippen LogP contribution in [0.1, 0.15) is 11.1 Å². The van der Waals surface area contributed by atoms with Crippen molar-refractivity contribution < 1.29 is 9.59 Å². The fourth-order valence-electron chi connectivity index (χ4n) is 2.99. The van der Waals surface area contributed by atoms with Crippen LogP contribution in [0.4, 0.5) is 10.5 Å². The van der Waals surface area contributed by atoms with Gasteiger partial charge in [0.2, 0.25) is 5.91 Å². The number of carbonyl (C=O) groups is 2. The first-order valence-corrected chi connectivity index (χ1v) is 10.9. The second kappa shape index (κ2) is 10.4. The van der Waals surface area contributed by atoms with Crippen molar-refractivity contribution in [3.8, 4) is 0 Å². The molecule has 2 N–H and O–H groups in total. The molecule has 0 radical (unpaired) electrons. The van der Waals surface area contributed by atoms with Crippen LogP contribution >= 0.6 is 23.4 Å². The lowest BCUT2D eigenvalue weighted by Gasteiger charge is -2.26. The number of amides is 3. The van der Waals surface area contributed by atoms with Gasteiger partial charge in [0.1, 0.15) is 0 Å². The Balaban J connectivity index is 1.41. The maximum atomic E-state index is 12.3. The maximum absolute atomic E-state index is 12.3. The third-order valence-electron chi connectivity index (χ3n) is 4.52. The minimum absolute atomic E-state index is 0.166. The maximum Gasteiger partial charge on any atom is 0.319 e. The minimum Gasteiger partial charge on any atom is -0.341 e. The molecule has 0 bridgehead atoms. The van der Waals surface area contributed by atoms with Crippen LogP contribution in [0.2, 0.25) is 5.02 Å². The van der Waals surface area contributed by atoms with Crippen molar-refractivity contribution in [2.24, 2.45) is 0 Å². The van der Waals surface area contributed by atoms with Crippen LogP contribution in [-0.4, -0.2) is 48.0 Å². The van der Waals surface area contributed by atoms with Gasteiger partial charge >= 0.3 is 6.03 Å². The second-order valence-corrected chi connectivity index (χ2v) is 8.29. The molecule has 0 aromatic heterocycles. The van der Waals surface area contributed by atoms with Crippen molar-refractivity contribution >= 4 is 41.0 Å². The fraction of sp³-hybridized carbons (Fsp3) is 0.333. The monoisotopic (exact) mass is 417 g/mol. The van der Waals surface area contributed by atoms with Gasteiger partial charge in [0.15, 0.2) is 0 Å². The number of benzene rings is 2. The number of thioether (sulfide) groups is 1. The Morgan fingerprint density at radius 2 is 1.79 bits per heavy atom. The summed E-state index contributed by atoms with van der Waals surface area (Å²) in [6.45, 7) is 2.18. The highest BCUT2D eigenvalue weighted by atomic mass is 35.5. The van der Waals surface area contributed by atoms with Crippen LogP contribution in [-0.2, 0) is 17.6 Å². The molecule has 2 aromatic rings. The van der Waals surface area contributed by atoms with Gasteiger partial charge in [-0.15, -0.1) is 0 Å². The van der Waals surface area contributed by atoms with Crippen LogP contribution in [0.5, 0.6) is 0 Å². The average Bonchev–Trinajstić information content (AvgIpc) is 2.70. The van der Waals surface area contributed by atoms with Crippen molar-refractivity contribution in [2.45, 2.75) is 12.8 Å². The predicted molar refractivity (Wildman–Crippen MR) is 116 cm³/mol. The Morgan fingerprint density at radius 3 is 2.50 bits per heavy atom. The zero-order valence-corrected chi connectivity index (χ0v) is 17.2. The highest BCUT2D eigenvalue weighted by Crippen LogP contribution is 2.14. The van der Waals surface area contributed by atoms with E-state index in [9.17, 15) is 9.59 Å². The molecule has 3 amide bonds. The Morgan fingerprint density at radius 1 is 1.04 bits per heavy atom. The van der Waals surface area contributed by atoms with Crippen molar-refractivity contribution in [1.29, 1.82) is 0 Å². The van der Waals surface area contributed by atoms with Crippen molar-refractivity contribution in [3.63, 3.8) is 0 Å². The van der Waals surface area contributed by atoms with E-state index in [4.69, 9.17) is 11.6 Å². The molecule has 1 aliphatic heterocycles. The summed E-state index contributed by atoms with van der Waals surface area (Å²) in [5, 5.41) is 6.34. The van der Waals surface area contributed by atoms with Crippen LogP contribution in [0.3, 0.4) is 0 Å². The Hall–Kier alpha value is -2.18. The van der Waals surface area contributed by atoms with Gasteiger partial charge in [0, 0.05) is 41.8 Å². The smallest absolute Gasteiger partial charge is 0.319 e. The summed E-state index contributed by atoms with van der Waals surface area (Å²) in [5.74, 6) is 2.20. The molecule has 0 unspecified atom stereocenters. The van der Waals surface area contributed by atoms with Crippen molar-refractivity contribution in [2.75, 3.05) is 36.5 Å². The SMILES string of the molecule is O=C(NCCc1cccc(Cl)c1)Nc1ccc(CC(=O)N2CCSCC2)cc1. The number of nitrogens with zero attached hydrogens (tertiary/aromatic N) is 1.